The van der Waals surface area contributed by atoms with Crippen molar-refractivity contribution in [3.8, 4) is 10.6 Å². The van der Waals surface area contributed by atoms with E-state index in [1.165, 1.54) is 11.3 Å². The number of nitrogens with one attached hydrogen (secondary N) is 1. The quantitative estimate of drug-likeness (QED) is 0.615. The minimum absolute atomic E-state index is 0.0450. The van der Waals surface area contributed by atoms with Crippen LogP contribution in [0.25, 0.3) is 10.6 Å². The minimum Gasteiger partial charge on any atom is -0.389 e. The van der Waals surface area contributed by atoms with Crippen molar-refractivity contribution in [2.45, 2.75) is 26.9 Å². The van der Waals surface area contributed by atoms with E-state index in [0.29, 0.717) is 23.9 Å². The fourth-order valence-electron chi connectivity index (χ4n) is 2.82. The summed E-state index contributed by atoms with van der Waals surface area (Å²) in [4.78, 5) is 24.8. The van der Waals surface area contributed by atoms with Gasteiger partial charge in [-0.2, -0.15) is 0 Å². The number of aromatic nitrogens is 2. The van der Waals surface area contributed by atoms with E-state index in [1.54, 1.807) is 18.0 Å². The number of nitrogens with zero attached hydrogens (tertiary/aromatic N) is 3. The number of aliphatic hydroxyl groups excluding tert-OH is 1. The molecule has 0 aliphatic heterocycles. The van der Waals surface area contributed by atoms with Crippen LogP contribution in [0.2, 0.25) is 0 Å². The van der Waals surface area contributed by atoms with Crippen LogP contribution in [0.1, 0.15) is 42.1 Å². The molecule has 3 rings (SSSR count). The highest BCUT2D eigenvalue weighted by Gasteiger charge is 2.16. The van der Waals surface area contributed by atoms with E-state index in [2.05, 4.69) is 15.3 Å². The molecule has 0 spiro atoms. The summed E-state index contributed by atoms with van der Waals surface area (Å²) in [5.41, 5.74) is 2.38. The molecule has 2 aromatic heterocycles. The van der Waals surface area contributed by atoms with Gasteiger partial charge in [-0.05, 0) is 56.7 Å². The molecule has 7 heteroatoms. The normalized spacial score (nSPS) is 11.9. The summed E-state index contributed by atoms with van der Waals surface area (Å²) >= 11 is 1.43. The molecule has 146 valence electrons. The zero-order valence-electron chi connectivity index (χ0n) is 16.2. The lowest BCUT2D eigenvalue weighted by Crippen LogP contribution is -2.29. The Morgan fingerprint density at radius 2 is 2.00 bits per heavy atom. The van der Waals surface area contributed by atoms with Crippen molar-refractivity contribution in [3.05, 3.63) is 59.1 Å². The Hall–Kier alpha value is -2.77. The van der Waals surface area contributed by atoms with Crippen molar-refractivity contribution >= 4 is 28.9 Å². The summed E-state index contributed by atoms with van der Waals surface area (Å²) in [7, 11) is 0. The number of thiophene rings is 1. The van der Waals surface area contributed by atoms with Crippen molar-refractivity contribution < 1.29 is 9.90 Å². The minimum atomic E-state index is -0.540. The highest BCUT2D eigenvalue weighted by molar-refractivity contribution is 7.17. The monoisotopic (exact) mass is 396 g/mol. The number of carbonyl (C=O) groups is 1. The molecule has 2 N–H and O–H groups in total. The summed E-state index contributed by atoms with van der Waals surface area (Å²) in [5, 5.41) is 12.9. The summed E-state index contributed by atoms with van der Waals surface area (Å²) in [6.45, 7) is 7.06. The van der Waals surface area contributed by atoms with Gasteiger partial charge in [-0.1, -0.05) is 12.1 Å². The maximum atomic E-state index is 12.5. The molecule has 0 saturated carbocycles. The smallest absolute Gasteiger partial charge is 0.263 e. The summed E-state index contributed by atoms with van der Waals surface area (Å²) in [6, 6.07) is 13.1. The molecule has 0 radical (unpaired) electrons. The molecule has 1 unspecified atom stereocenters. The van der Waals surface area contributed by atoms with Crippen LogP contribution in [0.5, 0.6) is 0 Å². The average molecular weight is 397 g/mol. The highest BCUT2D eigenvalue weighted by Crippen LogP contribution is 2.28. The van der Waals surface area contributed by atoms with Gasteiger partial charge in [-0.3, -0.25) is 4.79 Å². The van der Waals surface area contributed by atoms with Crippen molar-refractivity contribution in [1.82, 2.24) is 14.9 Å². The maximum Gasteiger partial charge on any atom is 0.263 e. The van der Waals surface area contributed by atoms with Crippen LogP contribution in [0.3, 0.4) is 0 Å². The summed E-state index contributed by atoms with van der Waals surface area (Å²) in [6.07, 6.45) is 1.15. The molecule has 0 aliphatic rings. The molecule has 1 aromatic carbocycles. The van der Waals surface area contributed by atoms with Crippen LogP contribution in [0, 0.1) is 0 Å². The molecular formula is C21H24N4O2S. The SMILES string of the molecule is CCN(CC)C(=O)c1ccc(-c2ccnc(Nc3cccc(C(C)O)c3)n2)s1. The molecular weight excluding hydrogens is 372 g/mol. The van der Waals surface area contributed by atoms with Gasteiger partial charge in [0.2, 0.25) is 5.95 Å². The standard InChI is InChI=1S/C21H24N4O2S/c1-4-25(5-2)20(27)19-10-9-18(28-19)17-11-12-22-21(24-17)23-16-8-6-7-15(13-16)14(3)26/h6-14,26H,4-5H2,1-3H3,(H,22,23,24). The van der Waals surface area contributed by atoms with Crippen molar-refractivity contribution in [3.63, 3.8) is 0 Å². The van der Waals surface area contributed by atoms with Crippen molar-refractivity contribution in [2.75, 3.05) is 18.4 Å². The predicted molar refractivity (Wildman–Crippen MR) is 113 cm³/mol. The lowest BCUT2D eigenvalue weighted by Gasteiger charge is -2.17. The van der Waals surface area contributed by atoms with Crippen LogP contribution in [-0.4, -0.2) is 39.0 Å². The molecule has 0 saturated heterocycles. The third kappa shape index (κ3) is 4.55. The average Bonchev–Trinajstić information content (AvgIpc) is 3.19. The van der Waals surface area contributed by atoms with Gasteiger partial charge >= 0.3 is 0 Å². The van der Waals surface area contributed by atoms with Crippen LogP contribution < -0.4 is 5.32 Å². The number of amides is 1. The number of aliphatic hydroxyl groups is 1. The van der Waals surface area contributed by atoms with Crippen molar-refractivity contribution in [2.24, 2.45) is 0 Å². The molecule has 1 amide bonds. The first kappa shape index (κ1) is 20.0. The van der Waals surface area contributed by atoms with Crippen molar-refractivity contribution in [1.29, 1.82) is 0 Å². The second-order valence-corrected chi connectivity index (χ2v) is 7.42. The van der Waals surface area contributed by atoms with E-state index in [-0.39, 0.29) is 5.91 Å². The first-order valence-electron chi connectivity index (χ1n) is 9.29. The van der Waals surface area contributed by atoms with E-state index < -0.39 is 6.10 Å². The number of anilines is 2. The molecule has 0 bridgehead atoms. The van der Waals surface area contributed by atoms with E-state index in [1.807, 2.05) is 56.3 Å². The Kier molecular flexibility index (Phi) is 6.38. The fourth-order valence-corrected chi connectivity index (χ4v) is 3.76. The first-order valence-corrected chi connectivity index (χ1v) is 10.1. The van der Waals surface area contributed by atoms with E-state index >= 15 is 0 Å². The van der Waals surface area contributed by atoms with Gasteiger partial charge in [0.1, 0.15) is 0 Å². The van der Waals surface area contributed by atoms with Gasteiger partial charge in [0.15, 0.2) is 0 Å². The van der Waals surface area contributed by atoms with Gasteiger partial charge < -0.3 is 15.3 Å². The van der Waals surface area contributed by atoms with Crippen LogP contribution in [0.4, 0.5) is 11.6 Å². The molecule has 6 nitrogen and oxygen atoms in total. The topological polar surface area (TPSA) is 78.4 Å². The second kappa shape index (κ2) is 8.95. The van der Waals surface area contributed by atoms with Crippen LogP contribution in [-0.2, 0) is 0 Å². The lowest BCUT2D eigenvalue weighted by atomic mass is 10.1. The second-order valence-electron chi connectivity index (χ2n) is 6.33. The largest absolute Gasteiger partial charge is 0.389 e. The van der Waals surface area contributed by atoms with E-state index in [4.69, 9.17) is 0 Å². The number of hydrogen-bond acceptors (Lipinski definition) is 6. The molecule has 0 fully saturated rings. The summed E-state index contributed by atoms with van der Waals surface area (Å²) in [5.74, 6) is 0.508. The number of carbonyl (C=O) groups excluding carboxylic acids is 1. The summed E-state index contributed by atoms with van der Waals surface area (Å²) < 4.78 is 0. The fraction of sp³-hybridized carbons (Fsp3) is 0.286. The molecule has 2 heterocycles. The first-order chi connectivity index (χ1) is 13.5. The van der Waals surface area contributed by atoms with Crippen LogP contribution in [0.15, 0.2) is 48.7 Å². The lowest BCUT2D eigenvalue weighted by molar-refractivity contribution is 0.0778. The zero-order chi connectivity index (χ0) is 20.1. The molecule has 3 aromatic rings. The third-order valence-corrected chi connectivity index (χ3v) is 5.50. The van der Waals surface area contributed by atoms with Gasteiger partial charge in [-0.15, -0.1) is 11.3 Å². The van der Waals surface area contributed by atoms with Gasteiger partial charge in [0, 0.05) is 25.0 Å². The molecule has 28 heavy (non-hydrogen) atoms. The molecule has 0 aliphatic carbocycles. The Balaban J connectivity index is 1.80. The highest BCUT2D eigenvalue weighted by atomic mass is 32.1. The molecule has 1 atom stereocenters. The predicted octanol–water partition coefficient (Wildman–Crippen LogP) is 4.48. The zero-order valence-corrected chi connectivity index (χ0v) is 17.0. The Morgan fingerprint density at radius 1 is 1.21 bits per heavy atom. The number of rotatable bonds is 7. The maximum absolute atomic E-state index is 12.5. The van der Waals surface area contributed by atoms with E-state index in [0.717, 1.165) is 21.8 Å². The Bertz CT molecular complexity index is 951. The van der Waals surface area contributed by atoms with Gasteiger partial charge in [0.25, 0.3) is 5.91 Å². The Morgan fingerprint density at radius 3 is 2.71 bits per heavy atom. The Labute approximate surface area is 168 Å². The van der Waals surface area contributed by atoms with Gasteiger partial charge in [-0.25, -0.2) is 9.97 Å². The number of hydrogen-bond donors (Lipinski definition) is 2. The third-order valence-electron chi connectivity index (χ3n) is 4.40. The number of benzene rings is 1. The van der Waals surface area contributed by atoms with Crippen LogP contribution >= 0.6 is 11.3 Å². The van der Waals surface area contributed by atoms with E-state index in [9.17, 15) is 9.90 Å². The van der Waals surface area contributed by atoms with Gasteiger partial charge in [0.05, 0.1) is 21.6 Å².